The van der Waals surface area contributed by atoms with Crippen molar-refractivity contribution in [3.8, 4) is 12.8 Å². The molecule has 2 heteroatoms. The van der Waals surface area contributed by atoms with Crippen LogP contribution in [0, 0.1) is 41.4 Å². The van der Waals surface area contributed by atoms with Gasteiger partial charge in [-0.15, -0.1) is 12.8 Å². The maximum absolute atomic E-state index is 10.4. The van der Waals surface area contributed by atoms with Gasteiger partial charge in [-0.3, -0.25) is 0 Å². The van der Waals surface area contributed by atoms with Crippen molar-refractivity contribution in [3.63, 3.8) is 0 Å². The molecular weight excluding hydrogens is 332 g/mol. The van der Waals surface area contributed by atoms with E-state index in [9.17, 15) is 10.2 Å². The van der Waals surface area contributed by atoms with Crippen LogP contribution in [0.2, 0.25) is 0 Å². The van der Waals surface area contributed by atoms with Gasteiger partial charge in [-0.25, -0.2) is 0 Å². The maximum Gasteiger partial charge on any atom is 0.0596 e. The predicted octanol–water partition coefficient (Wildman–Crippen LogP) is 6.44. The second-order valence-corrected chi connectivity index (χ2v) is 8.95. The summed E-state index contributed by atoms with van der Waals surface area (Å²) >= 11 is 0. The van der Waals surface area contributed by atoms with Gasteiger partial charge in [-0.05, 0) is 86.9 Å². The van der Waals surface area contributed by atoms with Crippen LogP contribution >= 0.6 is 0 Å². The first-order valence-electron chi connectivity index (χ1n) is 11.6. The van der Waals surface area contributed by atoms with Gasteiger partial charge in [0.15, 0.2) is 0 Å². The monoisotopic (exact) mass is 380 g/mol. The number of aliphatic hydroxyl groups excluding tert-OH is 2. The van der Waals surface area contributed by atoms with Gasteiger partial charge in [0.25, 0.3) is 0 Å². The summed E-state index contributed by atoms with van der Waals surface area (Å²) < 4.78 is 0. The summed E-state index contributed by atoms with van der Waals surface area (Å²) in [6.07, 6.45) is 18.7. The zero-order valence-corrected chi connectivity index (χ0v) is 19.3. The minimum Gasteiger partial charge on any atom is -0.393 e. The first kappa shape index (κ1) is 26.5. The van der Waals surface area contributed by atoms with E-state index >= 15 is 0 Å². The van der Waals surface area contributed by atoms with Crippen molar-refractivity contribution in [3.05, 3.63) is 0 Å². The number of hydrogen-bond acceptors (Lipinski definition) is 2. The second-order valence-electron chi connectivity index (χ2n) is 8.95. The molecule has 3 saturated carbocycles. The van der Waals surface area contributed by atoms with Gasteiger partial charge >= 0.3 is 0 Å². The van der Waals surface area contributed by atoms with Crippen molar-refractivity contribution in [2.75, 3.05) is 0 Å². The fourth-order valence-corrected chi connectivity index (χ4v) is 6.30. The Hall–Kier alpha value is -0.520. The minimum absolute atomic E-state index is 0.0610. The molecule has 0 radical (unpaired) electrons. The third-order valence-corrected chi connectivity index (χ3v) is 7.70. The summed E-state index contributed by atoms with van der Waals surface area (Å²) in [7, 11) is 0. The van der Waals surface area contributed by atoms with Crippen LogP contribution in [0.15, 0.2) is 0 Å². The molecule has 0 amide bonds. The molecule has 3 fully saturated rings. The Kier molecular flexibility index (Phi) is 11.9. The van der Waals surface area contributed by atoms with Crippen LogP contribution in [0.3, 0.4) is 0 Å². The van der Waals surface area contributed by atoms with Gasteiger partial charge in [-0.1, -0.05) is 48.0 Å². The van der Waals surface area contributed by atoms with Crippen LogP contribution in [0.4, 0.5) is 0 Å². The van der Waals surface area contributed by atoms with E-state index < -0.39 is 0 Å². The van der Waals surface area contributed by atoms with E-state index in [4.69, 9.17) is 0 Å². The molecule has 6 unspecified atom stereocenters. The zero-order chi connectivity index (χ0) is 21.3. The number of fused-ring (bicyclic) bond motifs is 3. The molecule has 0 aromatic heterocycles. The van der Waals surface area contributed by atoms with E-state index in [1.807, 2.05) is 34.6 Å². The Morgan fingerprint density at radius 3 is 2.07 bits per heavy atom. The van der Waals surface area contributed by atoms with Crippen molar-refractivity contribution < 1.29 is 10.2 Å². The van der Waals surface area contributed by atoms with E-state index in [0.717, 1.165) is 30.6 Å². The normalized spacial score (nSPS) is 40.4. The molecule has 0 aliphatic heterocycles. The van der Waals surface area contributed by atoms with E-state index in [1.165, 1.54) is 44.9 Å². The fourth-order valence-electron chi connectivity index (χ4n) is 6.30. The summed E-state index contributed by atoms with van der Waals surface area (Å²) in [5.74, 6) is 2.40. The highest BCUT2D eigenvalue weighted by Crippen LogP contribution is 2.63. The molecule has 3 rings (SSSR count). The third-order valence-electron chi connectivity index (χ3n) is 7.70. The summed E-state index contributed by atoms with van der Waals surface area (Å²) in [5, 5.41) is 20.1. The van der Waals surface area contributed by atoms with E-state index in [0.29, 0.717) is 5.41 Å². The highest BCUT2D eigenvalue weighted by atomic mass is 16.3. The molecule has 27 heavy (non-hydrogen) atoms. The van der Waals surface area contributed by atoms with Crippen LogP contribution < -0.4 is 0 Å². The highest BCUT2D eigenvalue weighted by Gasteiger charge is 2.57. The average Bonchev–Trinajstić information content (AvgIpc) is 3.00. The Morgan fingerprint density at radius 2 is 1.52 bits per heavy atom. The van der Waals surface area contributed by atoms with Gasteiger partial charge in [0, 0.05) is 0 Å². The first-order chi connectivity index (χ1) is 12.9. The first-order valence-corrected chi connectivity index (χ1v) is 11.6. The lowest BCUT2D eigenvalue weighted by molar-refractivity contribution is -0.0906. The van der Waals surface area contributed by atoms with Crippen molar-refractivity contribution in [1.29, 1.82) is 0 Å². The smallest absolute Gasteiger partial charge is 0.0596 e. The second kappa shape index (κ2) is 12.1. The Balaban J connectivity index is 0.00000103. The Bertz CT molecular complexity index is 416. The number of hydrogen-bond donors (Lipinski definition) is 2. The van der Waals surface area contributed by atoms with Gasteiger partial charge in [0.1, 0.15) is 0 Å². The van der Waals surface area contributed by atoms with Gasteiger partial charge < -0.3 is 10.2 Å². The molecule has 3 aliphatic rings. The molecular formula is C25H48O2. The lowest BCUT2D eigenvalue weighted by Crippen LogP contribution is -2.49. The molecule has 2 nitrogen and oxygen atoms in total. The molecule has 0 heterocycles. The molecule has 0 aromatic carbocycles. The summed E-state index contributed by atoms with van der Waals surface area (Å²) in [6.45, 7) is 14.8. The Morgan fingerprint density at radius 1 is 0.926 bits per heavy atom. The summed E-state index contributed by atoms with van der Waals surface area (Å²) in [5.41, 5.74) is 0.623. The van der Waals surface area contributed by atoms with Crippen molar-refractivity contribution >= 4 is 0 Å². The van der Waals surface area contributed by atoms with Crippen LogP contribution in [-0.2, 0) is 0 Å². The summed E-state index contributed by atoms with van der Waals surface area (Å²) in [6, 6.07) is 0. The standard InChI is InChI=1S/C19H34O2.2C2H6.C2H2/c1-13(20)8-11-18(2)10-4-5-14-15(18)9-12-19(3)16(14)6-7-17(19)21;3*1-2/h13-17,20-21H,4-12H2,1-3H3;2*1-2H3;1-2H/t13?,14?,15?,16?,17?,18?,19-;;;/m0.../s1. The van der Waals surface area contributed by atoms with Gasteiger partial charge in [0.2, 0.25) is 0 Å². The van der Waals surface area contributed by atoms with Crippen LogP contribution in [0.5, 0.6) is 0 Å². The van der Waals surface area contributed by atoms with Crippen molar-refractivity contribution in [1.82, 2.24) is 0 Å². The fraction of sp³-hybridized carbons (Fsp3) is 0.920. The SMILES string of the molecule is C#C.CC.CC.CC(O)CCC1(C)CCCC2C1CC[C@]1(C)C(O)CCC21. The van der Waals surface area contributed by atoms with Crippen molar-refractivity contribution in [2.24, 2.45) is 28.6 Å². The molecule has 0 aromatic rings. The van der Waals surface area contributed by atoms with E-state index in [1.54, 1.807) is 0 Å². The molecule has 160 valence electrons. The Labute approximate surface area is 170 Å². The van der Waals surface area contributed by atoms with Crippen LogP contribution in [0.25, 0.3) is 0 Å². The molecule has 7 atom stereocenters. The van der Waals surface area contributed by atoms with E-state index in [-0.39, 0.29) is 17.6 Å². The van der Waals surface area contributed by atoms with Crippen LogP contribution in [-0.4, -0.2) is 22.4 Å². The lowest BCUT2D eigenvalue weighted by atomic mass is 9.49. The molecule has 3 aliphatic carbocycles. The zero-order valence-electron chi connectivity index (χ0n) is 19.3. The maximum atomic E-state index is 10.4. The quantitative estimate of drug-likeness (QED) is 0.553. The average molecular weight is 381 g/mol. The highest BCUT2D eigenvalue weighted by molar-refractivity contribution is 5.06. The van der Waals surface area contributed by atoms with E-state index in [2.05, 4.69) is 26.7 Å². The molecule has 0 spiro atoms. The van der Waals surface area contributed by atoms with Gasteiger partial charge in [0.05, 0.1) is 12.2 Å². The lowest BCUT2D eigenvalue weighted by Gasteiger charge is -2.56. The minimum atomic E-state index is -0.163. The van der Waals surface area contributed by atoms with Gasteiger partial charge in [-0.2, -0.15) is 0 Å². The number of aliphatic hydroxyl groups is 2. The predicted molar refractivity (Wildman–Crippen MR) is 119 cm³/mol. The summed E-state index contributed by atoms with van der Waals surface area (Å²) in [4.78, 5) is 0. The topological polar surface area (TPSA) is 40.5 Å². The molecule has 0 saturated heterocycles. The largest absolute Gasteiger partial charge is 0.393 e. The third kappa shape index (κ3) is 5.74. The van der Waals surface area contributed by atoms with Crippen LogP contribution in [0.1, 0.15) is 106 Å². The molecule has 2 N–H and O–H groups in total. The number of terminal acetylenes is 1. The van der Waals surface area contributed by atoms with Crippen molar-refractivity contribution in [2.45, 2.75) is 118 Å². The molecule has 0 bridgehead atoms. The number of rotatable bonds is 3.